The van der Waals surface area contributed by atoms with Crippen LogP contribution in [0.3, 0.4) is 0 Å². The number of aromatic nitrogens is 1. The molecule has 15 heavy (non-hydrogen) atoms. The van der Waals surface area contributed by atoms with Crippen molar-refractivity contribution in [2.24, 2.45) is 5.16 Å². The SMILES string of the molecule is CC(C)=NOc1cc(C(C)(C)C)ccn1. The highest BCUT2D eigenvalue weighted by molar-refractivity contribution is 5.78. The summed E-state index contributed by atoms with van der Waals surface area (Å²) in [7, 11) is 0. The van der Waals surface area contributed by atoms with Crippen molar-refractivity contribution in [3.05, 3.63) is 23.9 Å². The molecule has 0 aliphatic heterocycles. The molecule has 3 nitrogen and oxygen atoms in total. The molecule has 0 radical (unpaired) electrons. The summed E-state index contributed by atoms with van der Waals surface area (Å²) in [6.45, 7) is 10.2. The fraction of sp³-hybridized carbons (Fsp3) is 0.500. The highest BCUT2D eigenvalue weighted by Gasteiger charge is 2.14. The molecule has 0 saturated carbocycles. The molecule has 0 spiro atoms. The maximum absolute atomic E-state index is 5.18. The van der Waals surface area contributed by atoms with E-state index in [0.717, 1.165) is 5.71 Å². The number of pyridine rings is 1. The zero-order valence-electron chi connectivity index (χ0n) is 10.0. The van der Waals surface area contributed by atoms with E-state index in [1.165, 1.54) is 5.56 Å². The fourth-order valence-corrected chi connectivity index (χ4v) is 1.06. The van der Waals surface area contributed by atoms with Gasteiger partial charge in [0, 0.05) is 12.3 Å². The van der Waals surface area contributed by atoms with Gasteiger partial charge in [-0.2, -0.15) is 0 Å². The van der Waals surface area contributed by atoms with Crippen molar-refractivity contribution in [1.82, 2.24) is 4.98 Å². The van der Waals surface area contributed by atoms with Crippen LogP contribution in [0, 0.1) is 0 Å². The number of hydrogen-bond donors (Lipinski definition) is 0. The lowest BCUT2D eigenvalue weighted by Crippen LogP contribution is -2.11. The molecule has 1 aromatic heterocycles. The summed E-state index contributed by atoms with van der Waals surface area (Å²) < 4.78 is 0. The van der Waals surface area contributed by atoms with Crippen LogP contribution < -0.4 is 4.84 Å². The Morgan fingerprint density at radius 2 is 2.00 bits per heavy atom. The summed E-state index contributed by atoms with van der Waals surface area (Å²) in [5.41, 5.74) is 2.17. The van der Waals surface area contributed by atoms with Crippen LogP contribution >= 0.6 is 0 Å². The minimum Gasteiger partial charge on any atom is -0.337 e. The van der Waals surface area contributed by atoms with Gasteiger partial charge in [-0.05, 0) is 30.9 Å². The zero-order valence-corrected chi connectivity index (χ0v) is 10.0. The van der Waals surface area contributed by atoms with E-state index in [2.05, 4.69) is 30.9 Å². The molecular weight excluding hydrogens is 188 g/mol. The van der Waals surface area contributed by atoms with Gasteiger partial charge < -0.3 is 4.84 Å². The first-order valence-electron chi connectivity index (χ1n) is 5.04. The van der Waals surface area contributed by atoms with Gasteiger partial charge in [-0.1, -0.05) is 25.9 Å². The van der Waals surface area contributed by atoms with Crippen LogP contribution in [0.1, 0.15) is 40.2 Å². The monoisotopic (exact) mass is 206 g/mol. The van der Waals surface area contributed by atoms with Crippen LogP contribution in [-0.2, 0) is 5.41 Å². The lowest BCUT2D eigenvalue weighted by molar-refractivity contribution is 0.325. The first-order chi connectivity index (χ1) is 6.89. The molecule has 0 bridgehead atoms. The second-order valence-electron chi connectivity index (χ2n) is 4.76. The third kappa shape index (κ3) is 3.70. The van der Waals surface area contributed by atoms with Gasteiger partial charge in [0.05, 0.1) is 5.71 Å². The zero-order chi connectivity index (χ0) is 11.5. The average Bonchev–Trinajstić information content (AvgIpc) is 2.14. The fourth-order valence-electron chi connectivity index (χ4n) is 1.06. The average molecular weight is 206 g/mol. The standard InChI is InChI=1S/C12H18N2O/c1-9(2)14-15-11-8-10(6-7-13-11)12(3,4)5/h6-8H,1-5H3. The summed E-state index contributed by atoms with van der Waals surface area (Å²) in [6.07, 6.45) is 1.75. The van der Waals surface area contributed by atoms with Gasteiger partial charge in [-0.3, -0.25) is 0 Å². The molecule has 0 amide bonds. The molecule has 0 aromatic carbocycles. The van der Waals surface area contributed by atoms with E-state index in [1.807, 2.05) is 26.0 Å². The molecule has 0 aliphatic carbocycles. The first-order valence-corrected chi connectivity index (χ1v) is 5.04. The van der Waals surface area contributed by atoms with Crippen molar-refractivity contribution < 1.29 is 4.84 Å². The van der Waals surface area contributed by atoms with Crippen LogP contribution in [0.15, 0.2) is 23.5 Å². The third-order valence-corrected chi connectivity index (χ3v) is 1.92. The lowest BCUT2D eigenvalue weighted by atomic mass is 9.88. The Balaban J connectivity index is 2.89. The normalized spacial score (nSPS) is 11.0. The van der Waals surface area contributed by atoms with Gasteiger partial charge in [0.25, 0.3) is 0 Å². The van der Waals surface area contributed by atoms with E-state index in [4.69, 9.17) is 4.84 Å². The van der Waals surface area contributed by atoms with E-state index in [0.29, 0.717) is 5.88 Å². The minimum absolute atomic E-state index is 0.103. The van der Waals surface area contributed by atoms with Crippen LogP contribution in [0.25, 0.3) is 0 Å². The molecular formula is C12H18N2O. The van der Waals surface area contributed by atoms with Gasteiger partial charge >= 0.3 is 0 Å². The van der Waals surface area contributed by atoms with Gasteiger partial charge in [-0.15, -0.1) is 0 Å². The van der Waals surface area contributed by atoms with Gasteiger partial charge in [0.1, 0.15) is 0 Å². The van der Waals surface area contributed by atoms with Crippen LogP contribution in [0.5, 0.6) is 5.88 Å². The maximum atomic E-state index is 5.18. The Hall–Kier alpha value is -1.38. The predicted octanol–water partition coefficient (Wildman–Crippen LogP) is 3.15. The van der Waals surface area contributed by atoms with Crippen molar-refractivity contribution in [2.75, 3.05) is 0 Å². The molecule has 1 heterocycles. The Bertz CT molecular complexity index is 360. The van der Waals surface area contributed by atoms with Crippen LogP contribution in [-0.4, -0.2) is 10.7 Å². The van der Waals surface area contributed by atoms with Crippen LogP contribution in [0.2, 0.25) is 0 Å². The molecule has 0 fully saturated rings. The summed E-state index contributed by atoms with van der Waals surface area (Å²) in [4.78, 5) is 9.28. The summed E-state index contributed by atoms with van der Waals surface area (Å²) in [6, 6.07) is 3.92. The summed E-state index contributed by atoms with van der Waals surface area (Å²) in [5, 5.41) is 3.87. The van der Waals surface area contributed by atoms with E-state index >= 15 is 0 Å². The Morgan fingerprint density at radius 3 is 2.53 bits per heavy atom. The second-order valence-corrected chi connectivity index (χ2v) is 4.76. The van der Waals surface area contributed by atoms with Gasteiger partial charge in [-0.25, -0.2) is 4.98 Å². The molecule has 1 rings (SSSR count). The lowest BCUT2D eigenvalue weighted by Gasteiger charge is -2.18. The smallest absolute Gasteiger partial charge is 0.248 e. The van der Waals surface area contributed by atoms with E-state index in [1.54, 1.807) is 6.20 Å². The quantitative estimate of drug-likeness (QED) is 0.550. The summed E-state index contributed by atoms with van der Waals surface area (Å²) in [5.74, 6) is 0.545. The Labute approximate surface area is 91.2 Å². The minimum atomic E-state index is 0.103. The maximum Gasteiger partial charge on any atom is 0.248 e. The molecule has 82 valence electrons. The van der Waals surface area contributed by atoms with Crippen molar-refractivity contribution in [3.8, 4) is 5.88 Å². The van der Waals surface area contributed by atoms with Crippen molar-refractivity contribution in [2.45, 2.75) is 40.0 Å². The van der Waals surface area contributed by atoms with Crippen molar-refractivity contribution in [3.63, 3.8) is 0 Å². The van der Waals surface area contributed by atoms with Gasteiger partial charge in [0.2, 0.25) is 5.88 Å². The number of rotatable bonds is 2. The molecule has 0 aliphatic rings. The number of hydrogen-bond acceptors (Lipinski definition) is 3. The third-order valence-electron chi connectivity index (χ3n) is 1.92. The molecule has 3 heteroatoms. The van der Waals surface area contributed by atoms with Gasteiger partial charge in [0.15, 0.2) is 0 Å². The molecule has 1 aromatic rings. The highest BCUT2D eigenvalue weighted by Crippen LogP contribution is 2.24. The van der Waals surface area contributed by atoms with E-state index in [-0.39, 0.29) is 5.41 Å². The Kier molecular flexibility index (Phi) is 3.45. The van der Waals surface area contributed by atoms with Crippen LogP contribution in [0.4, 0.5) is 0 Å². The van der Waals surface area contributed by atoms with E-state index in [9.17, 15) is 0 Å². The number of nitrogens with zero attached hydrogens (tertiary/aromatic N) is 2. The molecule has 0 saturated heterocycles. The largest absolute Gasteiger partial charge is 0.337 e. The molecule has 0 N–H and O–H groups in total. The number of oxime groups is 1. The predicted molar refractivity (Wildman–Crippen MR) is 62.3 cm³/mol. The molecule has 0 unspecified atom stereocenters. The first kappa shape index (κ1) is 11.7. The second kappa shape index (κ2) is 4.43. The van der Waals surface area contributed by atoms with E-state index < -0.39 is 0 Å². The Morgan fingerprint density at radius 1 is 1.33 bits per heavy atom. The van der Waals surface area contributed by atoms with Crippen molar-refractivity contribution in [1.29, 1.82) is 0 Å². The van der Waals surface area contributed by atoms with Crippen molar-refractivity contribution >= 4 is 5.71 Å². The topological polar surface area (TPSA) is 34.5 Å². The highest BCUT2D eigenvalue weighted by atomic mass is 16.6. The summed E-state index contributed by atoms with van der Waals surface area (Å²) >= 11 is 0. The molecule has 0 atom stereocenters.